The molecular weight excluding hydrogens is 269 g/mol. The summed E-state index contributed by atoms with van der Waals surface area (Å²) in [4.78, 5) is 1.87. The van der Waals surface area contributed by atoms with E-state index in [9.17, 15) is 4.39 Å². The number of hydrogen-bond donors (Lipinski definition) is 2. The molecule has 3 N–H and O–H groups in total. The zero-order chi connectivity index (χ0) is 15.4. The molecule has 4 nitrogen and oxygen atoms in total. The van der Waals surface area contributed by atoms with Crippen LogP contribution in [0.15, 0.2) is 47.6 Å². The quantitative estimate of drug-likeness (QED) is 0.393. The summed E-state index contributed by atoms with van der Waals surface area (Å²) in [5, 5.41) is 12.0. The maximum Gasteiger partial charge on any atom is 0.172 e. The number of amidine groups is 1. The van der Waals surface area contributed by atoms with Crippen LogP contribution in [0.2, 0.25) is 0 Å². The van der Waals surface area contributed by atoms with Gasteiger partial charge in [0.25, 0.3) is 0 Å². The van der Waals surface area contributed by atoms with Gasteiger partial charge >= 0.3 is 0 Å². The van der Waals surface area contributed by atoms with Gasteiger partial charge in [0.15, 0.2) is 5.84 Å². The van der Waals surface area contributed by atoms with Gasteiger partial charge in [0.2, 0.25) is 0 Å². The number of hydrogen-bond acceptors (Lipinski definition) is 3. The first-order valence-corrected chi connectivity index (χ1v) is 6.56. The molecule has 0 aliphatic carbocycles. The van der Waals surface area contributed by atoms with Crippen LogP contribution < -0.4 is 10.6 Å². The molecule has 0 fully saturated rings. The zero-order valence-corrected chi connectivity index (χ0v) is 12.0. The first kappa shape index (κ1) is 14.8. The number of nitrogens with two attached hydrogens (primary N) is 1. The first-order chi connectivity index (χ1) is 10.0. The van der Waals surface area contributed by atoms with Gasteiger partial charge in [-0.2, -0.15) is 0 Å². The van der Waals surface area contributed by atoms with Gasteiger partial charge in [0.1, 0.15) is 5.82 Å². The summed E-state index contributed by atoms with van der Waals surface area (Å²) >= 11 is 0. The van der Waals surface area contributed by atoms with E-state index in [-0.39, 0.29) is 11.7 Å². The fourth-order valence-corrected chi connectivity index (χ4v) is 2.21. The van der Waals surface area contributed by atoms with Crippen molar-refractivity contribution in [2.24, 2.45) is 10.9 Å². The average Bonchev–Trinajstić information content (AvgIpc) is 2.48. The largest absolute Gasteiger partial charge is 0.409 e. The van der Waals surface area contributed by atoms with E-state index in [1.807, 2.05) is 37.1 Å². The van der Waals surface area contributed by atoms with E-state index in [0.29, 0.717) is 17.7 Å². The topological polar surface area (TPSA) is 61.8 Å². The fourth-order valence-electron chi connectivity index (χ4n) is 2.21. The molecule has 0 radical (unpaired) electrons. The third-order valence-electron chi connectivity index (χ3n) is 3.31. The molecule has 2 aromatic rings. The molecule has 0 spiro atoms. The van der Waals surface area contributed by atoms with Crippen LogP contribution in [0.25, 0.3) is 0 Å². The molecule has 110 valence electrons. The first-order valence-electron chi connectivity index (χ1n) is 6.56. The second-order valence-electron chi connectivity index (χ2n) is 4.95. The highest BCUT2D eigenvalue weighted by Gasteiger charge is 2.13. The van der Waals surface area contributed by atoms with Gasteiger partial charge in [-0.15, -0.1) is 0 Å². The Kier molecular flexibility index (Phi) is 4.42. The molecule has 0 saturated heterocycles. The number of anilines is 1. The van der Waals surface area contributed by atoms with E-state index in [0.717, 1.165) is 11.3 Å². The number of halogens is 1. The maximum atomic E-state index is 13.7. The highest BCUT2D eigenvalue weighted by atomic mass is 19.1. The Hall–Kier alpha value is -2.56. The van der Waals surface area contributed by atoms with Crippen LogP contribution in [0.4, 0.5) is 10.1 Å². The molecule has 0 heterocycles. The Bertz CT molecular complexity index is 670. The van der Waals surface area contributed by atoms with E-state index in [2.05, 4.69) is 5.16 Å². The summed E-state index contributed by atoms with van der Waals surface area (Å²) in [6.45, 7) is 2.32. The highest BCUT2D eigenvalue weighted by Crippen LogP contribution is 2.23. The maximum absolute atomic E-state index is 13.7. The van der Waals surface area contributed by atoms with E-state index < -0.39 is 0 Å². The predicted octanol–water partition coefficient (Wildman–Crippen LogP) is 2.87. The molecule has 0 aromatic heterocycles. The van der Waals surface area contributed by atoms with Gasteiger partial charge in [0.05, 0.1) is 0 Å². The second kappa shape index (κ2) is 6.26. The normalized spacial score (nSPS) is 11.5. The predicted molar refractivity (Wildman–Crippen MR) is 82.2 cm³/mol. The van der Waals surface area contributed by atoms with Crippen molar-refractivity contribution in [2.45, 2.75) is 13.5 Å². The fraction of sp³-hybridized carbons (Fsp3) is 0.188. The molecule has 2 aromatic carbocycles. The molecule has 21 heavy (non-hydrogen) atoms. The molecule has 2 rings (SSSR count). The van der Waals surface area contributed by atoms with Gasteiger partial charge in [-0.1, -0.05) is 35.0 Å². The molecule has 0 aliphatic heterocycles. The van der Waals surface area contributed by atoms with Crippen molar-refractivity contribution in [1.82, 2.24) is 0 Å². The standard InChI is InChI=1S/C16H18FN3O/c1-11-7-8-15(13(9-11)16(18)19-21)20(2)10-12-5-3-4-6-14(12)17/h3-9,21H,10H2,1-2H3,(H2,18,19). The van der Waals surface area contributed by atoms with Crippen LogP contribution in [0.5, 0.6) is 0 Å². The molecule has 5 heteroatoms. The van der Waals surface area contributed by atoms with Crippen molar-refractivity contribution in [3.8, 4) is 0 Å². The number of benzene rings is 2. The summed E-state index contributed by atoms with van der Waals surface area (Å²) < 4.78 is 13.7. The number of rotatable bonds is 4. The van der Waals surface area contributed by atoms with Crippen LogP contribution >= 0.6 is 0 Å². The average molecular weight is 287 g/mol. The summed E-state index contributed by atoms with van der Waals surface area (Å²) in [6, 6.07) is 12.3. The van der Waals surface area contributed by atoms with Gasteiger partial charge < -0.3 is 15.8 Å². The lowest BCUT2D eigenvalue weighted by Gasteiger charge is -2.23. The van der Waals surface area contributed by atoms with E-state index in [4.69, 9.17) is 10.9 Å². The molecule has 0 aliphatic rings. The van der Waals surface area contributed by atoms with Crippen molar-refractivity contribution in [3.05, 3.63) is 65.0 Å². The molecule has 0 unspecified atom stereocenters. The minimum atomic E-state index is -0.248. The molecule has 0 atom stereocenters. The number of nitrogens with zero attached hydrogens (tertiary/aromatic N) is 2. The minimum absolute atomic E-state index is 0.0362. The van der Waals surface area contributed by atoms with Crippen molar-refractivity contribution in [3.63, 3.8) is 0 Å². The lowest BCUT2D eigenvalue weighted by Crippen LogP contribution is -2.23. The second-order valence-corrected chi connectivity index (χ2v) is 4.95. The van der Waals surface area contributed by atoms with Crippen molar-refractivity contribution in [1.29, 1.82) is 0 Å². The Morgan fingerprint density at radius 1 is 1.29 bits per heavy atom. The summed E-state index contributed by atoms with van der Waals surface area (Å²) in [5.74, 6) is -0.212. The Balaban J connectivity index is 2.35. The van der Waals surface area contributed by atoms with Gasteiger partial charge in [0, 0.05) is 30.4 Å². The van der Waals surface area contributed by atoms with Crippen LogP contribution in [-0.4, -0.2) is 18.1 Å². The minimum Gasteiger partial charge on any atom is -0.409 e. The highest BCUT2D eigenvalue weighted by molar-refractivity contribution is 6.02. The van der Waals surface area contributed by atoms with Gasteiger partial charge in [-0.3, -0.25) is 0 Å². The number of aryl methyl sites for hydroxylation is 1. The zero-order valence-electron chi connectivity index (χ0n) is 12.0. The van der Waals surface area contributed by atoms with Gasteiger partial charge in [-0.25, -0.2) is 4.39 Å². The van der Waals surface area contributed by atoms with Crippen LogP contribution in [0.1, 0.15) is 16.7 Å². The summed E-state index contributed by atoms with van der Waals surface area (Å²) in [7, 11) is 1.84. The lowest BCUT2D eigenvalue weighted by atomic mass is 10.1. The summed E-state index contributed by atoms with van der Waals surface area (Å²) in [5.41, 5.74) is 8.71. The summed E-state index contributed by atoms with van der Waals surface area (Å²) in [6.07, 6.45) is 0. The van der Waals surface area contributed by atoms with Crippen LogP contribution in [-0.2, 0) is 6.54 Å². The molecule has 0 amide bonds. The monoisotopic (exact) mass is 287 g/mol. The third-order valence-corrected chi connectivity index (χ3v) is 3.31. The molecular formula is C16H18FN3O. The van der Waals surface area contributed by atoms with Crippen LogP contribution in [0.3, 0.4) is 0 Å². The van der Waals surface area contributed by atoms with E-state index in [1.54, 1.807) is 18.2 Å². The van der Waals surface area contributed by atoms with Crippen LogP contribution in [0, 0.1) is 12.7 Å². The van der Waals surface area contributed by atoms with E-state index >= 15 is 0 Å². The lowest BCUT2D eigenvalue weighted by molar-refractivity contribution is 0.318. The van der Waals surface area contributed by atoms with Crippen molar-refractivity contribution in [2.75, 3.05) is 11.9 Å². The van der Waals surface area contributed by atoms with Crippen molar-refractivity contribution >= 4 is 11.5 Å². The Labute approximate surface area is 123 Å². The Morgan fingerprint density at radius 3 is 2.67 bits per heavy atom. The SMILES string of the molecule is Cc1ccc(N(C)Cc2ccccc2F)c(/C(N)=N/O)c1. The van der Waals surface area contributed by atoms with Crippen molar-refractivity contribution < 1.29 is 9.60 Å². The third kappa shape index (κ3) is 3.31. The van der Waals surface area contributed by atoms with Gasteiger partial charge in [-0.05, 0) is 25.1 Å². The smallest absolute Gasteiger partial charge is 0.172 e. The number of oxime groups is 1. The van der Waals surface area contributed by atoms with E-state index in [1.165, 1.54) is 6.07 Å². The molecule has 0 saturated carbocycles. The Morgan fingerprint density at radius 2 is 2.00 bits per heavy atom. The molecule has 0 bridgehead atoms.